The van der Waals surface area contributed by atoms with E-state index in [0.29, 0.717) is 12.9 Å². The fourth-order valence-electron chi connectivity index (χ4n) is 3.11. The summed E-state index contributed by atoms with van der Waals surface area (Å²) in [5.41, 5.74) is 1.22. The summed E-state index contributed by atoms with van der Waals surface area (Å²) < 4.78 is 22.0. The average molecular weight is 377 g/mol. The van der Waals surface area contributed by atoms with Crippen LogP contribution in [0.5, 0.6) is 11.5 Å². The van der Waals surface area contributed by atoms with Crippen molar-refractivity contribution in [2.24, 2.45) is 4.99 Å². The quantitative estimate of drug-likeness (QED) is 0.390. The molecule has 1 fully saturated rings. The van der Waals surface area contributed by atoms with Crippen LogP contribution in [0.3, 0.4) is 0 Å². The lowest BCUT2D eigenvalue weighted by Gasteiger charge is -2.22. The predicted molar refractivity (Wildman–Crippen MR) is 105 cm³/mol. The summed E-state index contributed by atoms with van der Waals surface area (Å²) in [7, 11) is 0. The Labute approximate surface area is 161 Å². The van der Waals surface area contributed by atoms with E-state index in [9.17, 15) is 0 Å². The molecule has 27 heavy (non-hydrogen) atoms. The second kappa shape index (κ2) is 11.0. The van der Waals surface area contributed by atoms with E-state index < -0.39 is 0 Å². The van der Waals surface area contributed by atoms with Gasteiger partial charge in [-0.3, -0.25) is 4.99 Å². The van der Waals surface area contributed by atoms with Gasteiger partial charge in [-0.05, 0) is 50.3 Å². The van der Waals surface area contributed by atoms with Gasteiger partial charge in [-0.15, -0.1) is 0 Å². The van der Waals surface area contributed by atoms with Crippen LogP contribution < -0.4 is 20.1 Å². The minimum Gasteiger partial charge on any atom is -0.454 e. The third-order valence-corrected chi connectivity index (χ3v) is 4.58. The third kappa shape index (κ3) is 6.59. The topological polar surface area (TPSA) is 73.3 Å². The number of nitrogens with zero attached hydrogens (tertiary/aromatic N) is 1. The summed E-state index contributed by atoms with van der Waals surface area (Å²) in [6.45, 7) is 7.18. The zero-order valence-electron chi connectivity index (χ0n) is 16.2. The number of hydrogen-bond acceptors (Lipinski definition) is 5. The summed E-state index contributed by atoms with van der Waals surface area (Å²) in [5.74, 6) is 2.51. The molecule has 1 aromatic rings. The standard InChI is InChI=1S/C20H31N3O4/c1-2-21-20(22-9-3-11-25-17-7-12-24-13-8-17)23-10-6-16-4-5-18-19(14-16)27-15-26-18/h4-5,14,17H,2-3,6-13,15H2,1H3,(H2,21,22,23). The van der Waals surface area contributed by atoms with Crippen LogP contribution in [0.4, 0.5) is 0 Å². The van der Waals surface area contributed by atoms with Gasteiger partial charge in [0.05, 0.1) is 6.10 Å². The molecule has 1 aromatic carbocycles. The molecule has 0 spiro atoms. The lowest BCUT2D eigenvalue weighted by molar-refractivity contribution is -0.0318. The number of aliphatic imine (C=N–C) groups is 1. The smallest absolute Gasteiger partial charge is 0.231 e. The highest BCUT2D eigenvalue weighted by atomic mass is 16.7. The molecule has 0 amide bonds. The molecule has 0 radical (unpaired) electrons. The van der Waals surface area contributed by atoms with Crippen LogP contribution in [0, 0.1) is 0 Å². The molecular weight excluding hydrogens is 346 g/mol. The van der Waals surface area contributed by atoms with Gasteiger partial charge in [0.15, 0.2) is 17.5 Å². The van der Waals surface area contributed by atoms with Crippen LogP contribution in [0.1, 0.15) is 31.7 Å². The summed E-state index contributed by atoms with van der Waals surface area (Å²) in [4.78, 5) is 4.63. The van der Waals surface area contributed by atoms with E-state index in [-0.39, 0.29) is 0 Å². The van der Waals surface area contributed by atoms with Crippen molar-refractivity contribution in [2.75, 3.05) is 46.2 Å². The lowest BCUT2D eigenvalue weighted by Crippen LogP contribution is -2.38. The molecule has 2 N–H and O–H groups in total. The number of fused-ring (bicyclic) bond motifs is 1. The maximum atomic E-state index is 5.89. The molecule has 1 saturated heterocycles. The minimum absolute atomic E-state index is 0.312. The number of benzene rings is 1. The number of nitrogens with one attached hydrogen (secondary N) is 2. The van der Waals surface area contributed by atoms with E-state index in [2.05, 4.69) is 28.6 Å². The molecular formula is C20H31N3O4. The fourth-order valence-corrected chi connectivity index (χ4v) is 3.11. The first-order chi connectivity index (χ1) is 13.3. The maximum absolute atomic E-state index is 5.89. The first-order valence-corrected chi connectivity index (χ1v) is 9.95. The first kappa shape index (κ1) is 19.8. The molecule has 0 atom stereocenters. The van der Waals surface area contributed by atoms with Gasteiger partial charge in [-0.25, -0.2) is 0 Å². The van der Waals surface area contributed by atoms with E-state index >= 15 is 0 Å². The highest BCUT2D eigenvalue weighted by Crippen LogP contribution is 2.32. The fraction of sp³-hybridized carbons (Fsp3) is 0.650. The van der Waals surface area contributed by atoms with Gasteiger partial charge in [-0.1, -0.05) is 6.07 Å². The van der Waals surface area contributed by atoms with Crippen molar-refractivity contribution < 1.29 is 18.9 Å². The van der Waals surface area contributed by atoms with Crippen LogP contribution in [0.15, 0.2) is 23.2 Å². The molecule has 0 saturated carbocycles. The van der Waals surface area contributed by atoms with Gasteiger partial charge >= 0.3 is 0 Å². The van der Waals surface area contributed by atoms with Crippen LogP contribution in [-0.2, 0) is 15.9 Å². The second-order valence-electron chi connectivity index (χ2n) is 6.66. The van der Waals surface area contributed by atoms with E-state index in [4.69, 9.17) is 18.9 Å². The summed E-state index contributed by atoms with van der Waals surface area (Å²) in [5, 5.41) is 6.67. The van der Waals surface area contributed by atoms with E-state index in [0.717, 1.165) is 82.6 Å². The normalized spacial score (nSPS) is 17.1. The Bertz CT molecular complexity index is 603. The summed E-state index contributed by atoms with van der Waals surface area (Å²) >= 11 is 0. The van der Waals surface area contributed by atoms with Crippen molar-refractivity contribution in [3.63, 3.8) is 0 Å². The predicted octanol–water partition coefficient (Wildman–Crippen LogP) is 2.10. The van der Waals surface area contributed by atoms with Gasteiger partial charge < -0.3 is 29.6 Å². The van der Waals surface area contributed by atoms with Gasteiger partial charge in [0.1, 0.15) is 0 Å². The van der Waals surface area contributed by atoms with Crippen molar-refractivity contribution in [2.45, 2.75) is 38.7 Å². The minimum atomic E-state index is 0.312. The van der Waals surface area contributed by atoms with Crippen molar-refractivity contribution in [3.05, 3.63) is 23.8 Å². The molecule has 2 aliphatic heterocycles. The molecule has 0 aliphatic carbocycles. The maximum Gasteiger partial charge on any atom is 0.231 e. The molecule has 3 rings (SSSR count). The lowest BCUT2D eigenvalue weighted by atomic mass is 10.1. The van der Waals surface area contributed by atoms with Crippen molar-refractivity contribution in [1.29, 1.82) is 0 Å². The van der Waals surface area contributed by atoms with Crippen molar-refractivity contribution >= 4 is 5.96 Å². The van der Waals surface area contributed by atoms with Gasteiger partial charge in [-0.2, -0.15) is 0 Å². The average Bonchev–Trinajstić information content (AvgIpc) is 3.16. The van der Waals surface area contributed by atoms with Crippen LogP contribution in [-0.4, -0.2) is 58.3 Å². The molecule has 7 heteroatoms. The van der Waals surface area contributed by atoms with E-state index in [1.54, 1.807) is 0 Å². The number of ether oxygens (including phenoxy) is 4. The highest BCUT2D eigenvalue weighted by molar-refractivity contribution is 5.79. The van der Waals surface area contributed by atoms with Gasteiger partial charge in [0, 0.05) is 39.5 Å². The zero-order chi connectivity index (χ0) is 18.7. The Morgan fingerprint density at radius 2 is 2.04 bits per heavy atom. The number of rotatable bonds is 9. The molecule has 0 aromatic heterocycles. The Hall–Kier alpha value is -1.99. The Morgan fingerprint density at radius 3 is 2.89 bits per heavy atom. The zero-order valence-corrected chi connectivity index (χ0v) is 16.2. The Kier molecular flexibility index (Phi) is 8.04. The van der Waals surface area contributed by atoms with E-state index in [1.807, 2.05) is 12.1 Å². The molecule has 2 aliphatic rings. The van der Waals surface area contributed by atoms with Gasteiger partial charge in [0.25, 0.3) is 0 Å². The Morgan fingerprint density at radius 1 is 1.19 bits per heavy atom. The first-order valence-electron chi connectivity index (χ1n) is 9.95. The monoisotopic (exact) mass is 377 g/mol. The van der Waals surface area contributed by atoms with E-state index in [1.165, 1.54) is 5.56 Å². The van der Waals surface area contributed by atoms with Crippen molar-refractivity contribution in [1.82, 2.24) is 10.6 Å². The number of hydrogen-bond donors (Lipinski definition) is 2. The molecule has 0 unspecified atom stereocenters. The molecule has 7 nitrogen and oxygen atoms in total. The third-order valence-electron chi connectivity index (χ3n) is 4.58. The largest absolute Gasteiger partial charge is 0.454 e. The van der Waals surface area contributed by atoms with Crippen LogP contribution in [0.25, 0.3) is 0 Å². The molecule has 2 heterocycles. The highest BCUT2D eigenvalue weighted by Gasteiger charge is 2.14. The number of guanidine groups is 1. The second-order valence-corrected chi connectivity index (χ2v) is 6.66. The summed E-state index contributed by atoms with van der Waals surface area (Å²) in [6.07, 6.45) is 4.20. The molecule has 0 bridgehead atoms. The van der Waals surface area contributed by atoms with Crippen molar-refractivity contribution in [3.8, 4) is 11.5 Å². The van der Waals surface area contributed by atoms with Gasteiger partial charge in [0.2, 0.25) is 6.79 Å². The van der Waals surface area contributed by atoms with Crippen LogP contribution in [0.2, 0.25) is 0 Å². The molecule has 150 valence electrons. The Balaban J connectivity index is 1.34. The SMILES string of the molecule is CCNC(=NCCCOC1CCOCC1)NCCc1ccc2c(c1)OCO2. The summed E-state index contributed by atoms with van der Waals surface area (Å²) in [6, 6.07) is 6.09. The van der Waals surface area contributed by atoms with Crippen LogP contribution >= 0.6 is 0 Å².